The Morgan fingerprint density at radius 2 is 1.93 bits per heavy atom. The molecular formula is C28H28Cl2N8O4. The normalized spacial score (nSPS) is 15.7. The highest BCUT2D eigenvalue weighted by molar-refractivity contribution is 6.40. The Hall–Kier alpha value is -4.34. The number of likely N-dealkylation sites (tertiary alicyclic amines) is 1. The Labute approximate surface area is 251 Å². The van der Waals surface area contributed by atoms with Crippen molar-refractivity contribution in [3.05, 3.63) is 69.0 Å². The van der Waals surface area contributed by atoms with E-state index in [1.807, 2.05) is 23.1 Å². The van der Waals surface area contributed by atoms with E-state index in [0.717, 1.165) is 31.4 Å². The fourth-order valence-electron chi connectivity index (χ4n) is 5.25. The van der Waals surface area contributed by atoms with Crippen molar-refractivity contribution in [3.8, 4) is 6.19 Å². The number of carbonyl (C=O) groups excluding carboxylic acids is 2. The van der Waals surface area contributed by atoms with Gasteiger partial charge in [0.2, 0.25) is 12.2 Å². The Kier molecular flexibility index (Phi) is 8.80. The van der Waals surface area contributed by atoms with Gasteiger partial charge in [0.25, 0.3) is 11.8 Å². The van der Waals surface area contributed by atoms with E-state index in [-0.39, 0.29) is 41.0 Å². The second kappa shape index (κ2) is 12.7. The zero-order chi connectivity index (χ0) is 29.8. The summed E-state index contributed by atoms with van der Waals surface area (Å²) in [6, 6.07) is 7.64. The number of rotatable bonds is 7. The number of amides is 2. The molecule has 4 heterocycles. The van der Waals surface area contributed by atoms with Gasteiger partial charge in [0.1, 0.15) is 6.04 Å². The standard InChI is InChI=1S/C28H28Cl2N8O4/c29-20-13-17-15-37(26(40)22-14-18-5-1-2-11-38(18)35-22)12-7-19(17)24(30)23(20)25(39)34-21(27(41)42)6-8-32-28(33-16-31)36-9-3-4-10-36/h1-2,5,11,13-14,21H,3-4,6-10,12,15H2,(H,32,33)(H,34,39)(H,41,42)/t21-/m0/s1. The third-order valence-electron chi connectivity index (χ3n) is 7.39. The predicted molar refractivity (Wildman–Crippen MR) is 155 cm³/mol. The lowest BCUT2D eigenvalue weighted by molar-refractivity contribution is -0.139. The molecule has 2 aliphatic rings. The predicted octanol–water partition coefficient (Wildman–Crippen LogP) is 2.94. The molecule has 0 aliphatic carbocycles. The van der Waals surface area contributed by atoms with Crippen LogP contribution in [0.5, 0.6) is 0 Å². The van der Waals surface area contributed by atoms with Gasteiger partial charge in [-0.15, -0.1) is 4.99 Å². The average Bonchev–Trinajstić information content (AvgIpc) is 3.66. The highest BCUT2D eigenvalue weighted by atomic mass is 35.5. The number of nitrogens with one attached hydrogen (secondary N) is 2. The molecule has 3 aromatic rings. The molecule has 0 bridgehead atoms. The van der Waals surface area contributed by atoms with Crippen molar-refractivity contribution in [3.63, 3.8) is 0 Å². The zero-order valence-electron chi connectivity index (χ0n) is 22.5. The number of nitriles is 1. The molecule has 2 aromatic heterocycles. The van der Waals surface area contributed by atoms with Crippen molar-refractivity contribution in [2.75, 3.05) is 26.2 Å². The highest BCUT2D eigenvalue weighted by Crippen LogP contribution is 2.35. The summed E-state index contributed by atoms with van der Waals surface area (Å²) in [4.78, 5) is 45.7. The second-order valence-corrected chi connectivity index (χ2v) is 10.9. The van der Waals surface area contributed by atoms with Crippen LogP contribution in [0.2, 0.25) is 10.0 Å². The van der Waals surface area contributed by atoms with E-state index >= 15 is 0 Å². The fraction of sp³-hybridized carbons (Fsp3) is 0.357. The molecule has 2 aliphatic heterocycles. The Morgan fingerprint density at radius 3 is 2.64 bits per heavy atom. The van der Waals surface area contributed by atoms with Gasteiger partial charge in [0.05, 0.1) is 21.1 Å². The SMILES string of the molecule is N#C/N=C(/NCC[C@H](NC(=O)c1c(Cl)cc2c(c1Cl)CCN(C(=O)c1cc3ccccn3n1)C2)C(=O)O)N1CCCC1. The summed E-state index contributed by atoms with van der Waals surface area (Å²) in [6.07, 6.45) is 5.91. The summed E-state index contributed by atoms with van der Waals surface area (Å²) >= 11 is 13.2. The molecule has 1 atom stereocenters. The number of guanidine groups is 1. The monoisotopic (exact) mass is 610 g/mol. The van der Waals surface area contributed by atoms with Gasteiger partial charge >= 0.3 is 5.97 Å². The summed E-state index contributed by atoms with van der Waals surface area (Å²) < 4.78 is 1.64. The highest BCUT2D eigenvalue weighted by Gasteiger charge is 2.30. The summed E-state index contributed by atoms with van der Waals surface area (Å²) in [5.74, 6) is -1.78. The number of aliphatic imine (C=N–C) groups is 1. The number of hydrogen-bond acceptors (Lipinski definition) is 6. The van der Waals surface area contributed by atoms with Crippen LogP contribution < -0.4 is 10.6 Å². The number of pyridine rings is 1. The van der Waals surface area contributed by atoms with Gasteiger partial charge in [0.15, 0.2) is 5.69 Å². The smallest absolute Gasteiger partial charge is 0.326 e. The first kappa shape index (κ1) is 29.2. The van der Waals surface area contributed by atoms with Crippen LogP contribution >= 0.6 is 23.2 Å². The van der Waals surface area contributed by atoms with Crippen LogP contribution in [-0.2, 0) is 17.8 Å². The number of carboxylic acid groups (broad SMARTS) is 1. The lowest BCUT2D eigenvalue weighted by atomic mass is 9.96. The van der Waals surface area contributed by atoms with Crippen LogP contribution in [0.25, 0.3) is 5.52 Å². The largest absolute Gasteiger partial charge is 0.480 e. The first-order valence-corrected chi connectivity index (χ1v) is 14.2. The topological polar surface area (TPSA) is 155 Å². The molecule has 3 N–H and O–H groups in total. The number of hydrogen-bond donors (Lipinski definition) is 3. The van der Waals surface area contributed by atoms with E-state index in [0.29, 0.717) is 35.7 Å². The molecule has 1 saturated heterocycles. The van der Waals surface area contributed by atoms with Crippen molar-refractivity contribution in [1.29, 1.82) is 5.26 Å². The number of carboxylic acids is 1. The quantitative estimate of drug-likeness (QED) is 0.209. The Morgan fingerprint density at radius 1 is 1.14 bits per heavy atom. The maximum Gasteiger partial charge on any atom is 0.326 e. The van der Waals surface area contributed by atoms with E-state index in [2.05, 4.69) is 20.7 Å². The number of aliphatic carboxylic acids is 1. The minimum absolute atomic E-state index is 0.0137. The van der Waals surface area contributed by atoms with Gasteiger partial charge in [0, 0.05) is 38.9 Å². The fourth-order valence-corrected chi connectivity index (χ4v) is 6.02. The van der Waals surface area contributed by atoms with Crippen LogP contribution in [0.15, 0.2) is 41.5 Å². The average molecular weight is 611 g/mol. The van der Waals surface area contributed by atoms with Gasteiger partial charge in [-0.05, 0) is 61.1 Å². The molecule has 0 unspecified atom stereocenters. The van der Waals surface area contributed by atoms with Crippen molar-refractivity contribution in [2.24, 2.45) is 4.99 Å². The number of nitrogens with zero attached hydrogens (tertiary/aromatic N) is 6. The second-order valence-electron chi connectivity index (χ2n) is 10.1. The van der Waals surface area contributed by atoms with Crippen LogP contribution in [0, 0.1) is 11.5 Å². The summed E-state index contributed by atoms with van der Waals surface area (Å²) in [7, 11) is 0. The lowest BCUT2D eigenvalue weighted by Crippen LogP contribution is -2.45. The number of aromatic nitrogens is 2. The van der Waals surface area contributed by atoms with Crippen molar-refractivity contribution in [1.82, 2.24) is 30.0 Å². The minimum Gasteiger partial charge on any atom is -0.480 e. The van der Waals surface area contributed by atoms with Gasteiger partial charge in [-0.1, -0.05) is 29.3 Å². The van der Waals surface area contributed by atoms with E-state index < -0.39 is 17.9 Å². The zero-order valence-corrected chi connectivity index (χ0v) is 24.0. The van der Waals surface area contributed by atoms with Crippen LogP contribution in [0.3, 0.4) is 0 Å². The minimum atomic E-state index is -1.24. The number of benzene rings is 1. The van der Waals surface area contributed by atoms with E-state index in [1.165, 1.54) is 0 Å². The molecule has 5 rings (SSSR count). The van der Waals surface area contributed by atoms with Crippen molar-refractivity contribution < 1.29 is 19.5 Å². The Balaban J connectivity index is 1.26. The Bertz CT molecular complexity index is 1580. The molecule has 0 radical (unpaired) electrons. The third-order valence-corrected chi connectivity index (χ3v) is 8.10. The van der Waals surface area contributed by atoms with Gasteiger partial charge in [-0.3, -0.25) is 9.59 Å². The number of fused-ring (bicyclic) bond motifs is 2. The van der Waals surface area contributed by atoms with Gasteiger partial charge in [-0.2, -0.15) is 10.4 Å². The molecule has 1 fully saturated rings. The maximum atomic E-state index is 13.2. The molecule has 2 amide bonds. The summed E-state index contributed by atoms with van der Waals surface area (Å²) in [6.45, 7) is 2.27. The molecule has 0 saturated carbocycles. The van der Waals surface area contributed by atoms with E-state index in [9.17, 15) is 19.5 Å². The molecule has 42 heavy (non-hydrogen) atoms. The molecule has 218 valence electrons. The van der Waals surface area contributed by atoms with E-state index in [1.54, 1.807) is 33.9 Å². The number of halogens is 2. The molecule has 1 aromatic carbocycles. The van der Waals surface area contributed by atoms with Gasteiger partial charge < -0.3 is 25.5 Å². The van der Waals surface area contributed by atoms with Crippen molar-refractivity contribution >= 4 is 52.5 Å². The number of carbonyl (C=O) groups is 3. The molecule has 12 nitrogen and oxygen atoms in total. The summed E-state index contributed by atoms with van der Waals surface area (Å²) in [5.41, 5.74) is 2.49. The maximum absolute atomic E-state index is 13.2. The first-order chi connectivity index (χ1) is 20.3. The molecular weight excluding hydrogens is 583 g/mol. The lowest BCUT2D eigenvalue weighted by Gasteiger charge is -2.30. The molecule has 0 spiro atoms. The first-order valence-electron chi connectivity index (χ1n) is 13.5. The third kappa shape index (κ3) is 6.12. The van der Waals surface area contributed by atoms with Crippen LogP contribution in [0.4, 0.5) is 0 Å². The van der Waals surface area contributed by atoms with Crippen LogP contribution in [0.1, 0.15) is 51.2 Å². The van der Waals surface area contributed by atoms with E-state index in [4.69, 9.17) is 28.5 Å². The van der Waals surface area contributed by atoms with Crippen molar-refractivity contribution in [2.45, 2.75) is 38.3 Å². The van der Waals surface area contributed by atoms with Crippen LogP contribution in [-0.4, -0.2) is 80.5 Å². The molecule has 14 heteroatoms. The summed E-state index contributed by atoms with van der Waals surface area (Å²) in [5, 5.41) is 28.8. The van der Waals surface area contributed by atoms with Gasteiger partial charge in [-0.25, -0.2) is 9.31 Å².